The number of aryl methyl sites for hydroxylation is 1. The zero-order valence-corrected chi connectivity index (χ0v) is 17.6. The van der Waals surface area contributed by atoms with E-state index >= 15 is 0 Å². The zero-order valence-electron chi connectivity index (χ0n) is 16.7. The lowest BCUT2D eigenvalue weighted by Gasteiger charge is -2.24. The molecule has 162 valence electrons. The van der Waals surface area contributed by atoms with Crippen molar-refractivity contribution in [1.82, 2.24) is 9.55 Å². The highest BCUT2D eigenvalue weighted by Gasteiger charge is 2.38. The Balaban J connectivity index is 2.05. The second kappa shape index (κ2) is 9.23. The number of quaternary nitrogens is 1. The van der Waals surface area contributed by atoms with Crippen molar-refractivity contribution in [2.24, 2.45) is 5.11 Å². The molecular weight excluding hydrogens is 407 g/mol. The molecule has 13 nitrogen and oxygen atoms in total. The number of hydrogen-bond donors (Lipinski definition) is 2. The number of likely N-dealkylation sites (N-methyl/N-ethyl adjacent to an activating group) is 1. The number of aromatic amines is 1. The number of ether oxygens (including phenoxy) is 1. The van der Waals surface area contributed by atoms with Crippen LogP contribution in [0.2, 0.25) is 0 Å². The highest BCUT2D eigenvalue weighted by molar-refractivity contribution is 7.47. The summed E-state index contributed by atoms with van der Waals surface area (Å²) < 4.78 is 29.4. The minimum Gasteiger partial charge on any atom is -0.352 e. The number of phosphoric acid groups is 1. The van der Waals surface area contributed by atoms with Crippen LogP contribution in [0.4, 0.5) is 0 Å². The van der Waals surface area contributed by atoms with Crippen LogP contribution in [0.25, 0.3) is 10.4 Å². The van der Waals surface area contributed by atoms with E-state index in [2.05, 4.69) is 15.0 Å². The average Bonchev–Trinajstić information content (AvgIpc) is 2.98. The van der Waals surface area contributed by atoms with Crippen molar-refractivity contribution in [3.63, 3.8) is 0 Å². The summed E-state index contributed by atoms with van der Waals surface area (Å²) in [6, 6.07) is -0.740. The molecule has 1 aliphatic heterocycles. The molecule has 1 unspecified atom stereocenters. The number of azide groups is 1. The maximum atomic E-state index is 12.1. The summed E-state index contributed by atoms with van der Waals surface area (Å²) in [7, 11) is 1.39. The molecule has 29 heavy (non-hydrogen) atoms. The second-order valence-electron chi connectivity index (χ2n) is 7.73. The molecule has 1 saturated heterocycles. The van der Waals surface area contributed by atoms with Gasteiger partial charge in [0.15, 0.2) is 0 Å². The largest absolute Gasteiger partial charge is 0.472 e. The molecule has 0 aliphatic carbocycles. The molecule has 1 aromatic rings. The first-order valence-electron chi connectivity index (χ1n) is 8.86. The van der Waals surface area contributed by atoms with Gasteiger partial charge in [-0.15, -0.1) is 0 Å². The molecule has 2 rings (SSSR count). The fourth-order valence-corrected chi connectivity index (χ4v) is 3.38. The normalized spacial score (nSPS) is 24.1. The molecule has 14 heteroatoms. The molecule has 1 aliphatic rings. The van der Waals surface area contributed by atoms with Gasteiger partial charge < -0.3 is 14.1 Å². The Bertz CT molecular complexity index is 932. The van der Waals surface area contributed by atoms with E-state index in [-0.39, 0.29) is 19.6 Å². The quantitative estimate of drug-likeness (QED) is 0.189. The number of nitrogens with one attached hydrogen (secondary N) is 1. The Morgan fingerprint density at radius 2 is 2.14 bits per heavy atom. The molecule has 1 fully saturated rings. The van der Waals surface area contributed by atoms with Gasteiger partial charge in [-0.1, -0.05) is 5.11 Å². The van der Waals surface area contributed by atoms with Gasteiger partial charge in [0.25, 0.3) is 5.56 Å². The summed E-state index contributed by atoms with van der Waals surface area (Å²) in [5.41, 5.74) is 7.89. The molecule has 0 bridgehead atoms. The summed E-state index contributed by atoms with van der Waals surface area (Å²) in [6.45, 7) is 1.66. The van der Waals surface area contributed by atoms with Crippen LogP contribution in [-0.2, 0) is 18.3 Å². The molecule has 0 aromatic carbocycles. The third-order valence-electron chi connectivity index (χ3n) is 4.28. The van der Waals surface area contributed by atoms with Crippen molar-refractivity contribution in [2.75, 3.05) is 40.9 Å². The Kier molecular flexibility index (Phi) is 7.41. The molecule has 0 radical (unpaired) electrons. The standard InChI is InChI=1S/C15H25N6O7P/c1-10-8-20(15(23)17-14(10)22)13-7-11(18-19-16)12(28-13)9-27-29(24,25)26-6-5-21(2,3)4/h8,11-13H,5-7,9H2,1-4H3,(H-,17,22,23,24,25)/p+1/t11-,12+,13+/m0/s1. The third kappa shape index (κ3) is 6.79. The van der Waals surface area contributed by atoms with E-state index in [1.54, 1.807) is 0 Å². The van der Waals surface area contributed by atoms with Crippen LogP contribution in [-0.4, -0.2) is 72.0 Å². The van der Waals surface area contributed by atoms with Gasteiger partial charge in [-0.25, -0.2) is 9.36 Å². The van der Waals surface area contributed by atoms with Crippen LogP contribution in [0.5, 0.6) is 0 Å². The predicted octanol–water partition coefficient (Wildman–Crippen LogP) is 0.651. The average molecular weight is 433 g/mol. The number of H-pyrrole nitrogens is 1. The molecule has 0 spiro atoms. The van der Waals surface area contributed by atoms with Gasteiger partial charge >= 0.3 is 13.5 Å². The molecule has 0 amide bonds. The van der Waals surface area contributed by atoms with Gasteiger partial charge in [-0.2, -0.15) is 0 Å². The smallest absolute Gasteiger partial charge is 0.352 e. The van der Waals surface area contributed by atoms with Crippen LogP contribution in [0.3, 0.4) is 0 Å². The first-order valence-corrected chi connectivity index (χ1v) is 10.4. The van der Waals surface area contributed by atoms with E-state index < -0.39 is 37.4 Å². The summed E-state index contributed by atoms with van der Waals surface area (Å²) in [5.74, 6) is 0. The van der Waals surface area contributed by atoms with Crippen molar-refractivity contribution in [2.45, 2.75) is 31.7 Å². The number of phosphoric ester groups is 1. The minimum absolute atomic E-state index is 0.0112. The van der Waals surface area contributed by atoms with Gasteiger partial charge in [0.2, 0.25) is 0 Å². The number of rotatable bonds is 9. The first kappa shape index (κ1) is 23.3. The highest BCUT2D eigenvalue weighted by atomic mass is 31.2. The van der Waals surface area contributed by atoms with Crippen molar-refractivity contribution in [3.05, 3.63) is 43.0 Å². The molecule has 4 atom stereocenters. The van der Waals surface area contributed by atoms with Gasteiger partial charge in [0, 0.05) is 23.1 Å². The molecule has 0 saturated carbocycles. The monoisotopic (exact) mass is 433 g/mol. The van der Waals surface area contributed by atoms with E-state index in [1.807, 2.05) is 21.1 Å². The lowest BCUT2D eigenvalue weighted by molar-refractivity contribution is -0.870. The molecular formula is C15H26N6O7P+. The summed E-state index contributed by atoms with van der Waals surface area (Å²) in [4.78, 5) is 38.3. The van der Waals surface area contributed by atoms with E-state index in [9.17, 15) is 19.0 Å². The fourth-order valence-electron chi connectivity index (χ4n) is 2.66. The van der Waals surface area contributed by atoms with E-state index in [0.717, 1.165) is 0 Å². The number of hydrogen-bond acceptors (Lipinski definition) is 7. The maximum absolute atomic E-state index is 12.1. The maximum Gasteiger partial charge on any atom is 0.472 e. The van der Waals surface area contributed by atoms with E-state index in [1.165, 1.54) is 17.7 Å². The van der Waals surface area contributed by atoms with Crippen LogP contribution >= 0.6 is 7.82 Å². The Hall–Kier alpha value is -1.98. The summed E-state index contributed by atoms with van der Waals surface area (Å²) in [5, 5.41) is 3.62. The van der Waals surface area contributed by atoms with Crippen molar-refractivity contribution in [1.29, 1.82) is 0 Å². The van der Waals surface area contributed by atoms with Crippen molar-refractivity contribution in [3.8, 4) is 0 Å². The van der Waals surface area contributed by atoms with E-state index in [0.29, 0.717) is 16.6 Å². The van der Waals surface area contributed by atoms with Crippen molar-refractivity contribution < 1.29 is 27.7 Å². The van der Waals surface area contributed by atoms with Gasteiger partial charge in [-0.05, 0) is 12.5 Å². The first-order chi connectivity index (χ1) is 13.4. The Morgan fingerprint density at radius 1 is 1.45 bits per heavy atom. The van der Waals surface area contributed by atoms with Gasteiger partial charge in [-0.3, -0.25) is 23.4 Å². The van der Waals surface area contributed by atoms with Crippen LogP contribution in [0.15, 0.2) is 20.9 Å². The Labute approximate surface area is 166 Å². The fraction of sp³-hybridized carbons (Fsp3) is 0.733. The SMILES string of the molecule is Cc1cn([C@H]2C[C@H](N=[N+]=[N-])[C@@H](COP(=O)(O)OCC[N+](C)(C)C)O2)c(=O)[nH]c1=O. The van der Waals surface area contributed by atoms with Gasteiger partial charge in [0.05, 0.1) is 39.9 Å². The van der Waals surface area contributed by atoms with Crippen molar-refractivity contribution >= 4 is 7.82 Å². The summed E-state index contributed by atoms with van der Waals surface area (Å²) >= 11 is 0. The third-order valence-corrected chi connectivity index (χ3v) is 5.26. The topological polar surface area (TPSA) is 169 Å². The van der Waals surface area contributed by atoms with Crippen LogP contribution in [0, 0.1) is 6.92 Å². The number of aromatic nitrogens is 2. The molecule has 1 aromatic heterocycles. The van der Waals surface area contributed by atoms with Crippen LogP contribution in [0.1, 0.15) is 18.2 Å². The van der Waals surface area contributed by atoms with E-state index in [4.69, 9.17) is 19.3 Å². The Morgan fingerprint density at radius 3 is 2.76 bits per heavy atom. The van der Waals surface area contributed by atoms with Gasteiger partial charge in [0.1, 0.15) is 19.4 Å². The lowest BCUT2D eigenvalue weighted by Crippen LogP contribution is -2.37. The predicted molar refractivity (Wildman–Crippen MR) is 102 cm³/mol. The number of nitrogens with zero attached hydrogens (tertiary/aromatic N) is 5. The molecule has 2 heterocycles. The zero-order chi connectivity index (χ0) is 21.8. The molecule has 2 N–H and O–H groups in total. The second-order valence-corrected chi connectivity index (χ2v) is 9.18. The van der Waals surface area contributed by atoms with Crippen LogP contribution < -0.4 is 11.2 Å². The summed E-state index contributed by atoms with van der Waals surface area (Å²) in [6.07, 6.45) is -0.244. The highest BCUT2D eigenvalue weighted by Crippen LogP contribution is 2.44. The lowest BCUT2D eigenvalue weighted by atomic mass is 10.1. The minimum atomic E-state index is -4.33.